The first-order valence-electron chi connectivity index (χ1n) is 19.3. The number of benzene rings is 1. The SMILES string of the molecule is C=C/C=C(\C=C)C1=c2ccc([nH]2)=C(C(C=CC)=CC)c2ccc([nH]2)C(c2cc[n+](Cc3ccc([Si](Cl)(Cl)Cl)cc3)cc2)=c2ccc([nH]2)=C(c2ccncc2)c2ccc1[nH]2. The normalized spacial score (nSPS) is 13.7. The third kappa shape index (κ3) is 8.16. The van der Waals surface area contributed by atoms with E-state index in [0.717, 1.165) is 99.5 Å². The van der Waals surface area contributed by atoms with Crippen molar-refractivity contribution in [3.8, 4) is 0 Å². The van der Waals surface area contributed by atoms with Gasteiger partial charge in [0.1, 0.15) is 0 Å². The summed E-state index contributed by atoms with van der Waals surface area (Å²) in [6.45, 7) is 13.0. The number of aromatic nitrogens is 6. The van der Waals surface area contributed by atoms with E-state index in [0.29, 0.717) is 6.54 Å². The third-order valence-corrected chi connectivity index (χ3v) is 13.4. The van der Waals surface area contributed by atoms with E-state index in [1.807, 2.05) is 67.9 Å². The highest BCUT2D eigenvalue weighted by molar-refractivity contribution is 7.69. The van der Waals surface area contributed by atoms with E-state index < -0.39 is 6.00 Å². The van der Waals surface area contributed by atoms with Crippen LogP contribution in [-0.4, -0.2) is 30.9 Å². The molecule has 7 aromatic rings. The van der Waals surface area contributed by atoms with Gasteiger partial charge < -0.3 is 19.9 Å². The van der Waals surface area contributed by atoms with Crippen molar-refractivity contribution in [2.45, 2.75) is 20.4 Å². The van der Waals surface area contributed by atoms with Crippen LogP contribution >= 0.6 is 33.2 Å². The molecule has 59 heavy (non-hydrogen) atoms. The summed E-state index contributed by atoms with van der Waals surface area (Å²) in [5.74, 6) is 0. The Balaban J connectivity index is 1.39. The van der Waals surface area contributed by atoms with Gasteiger partial charge in [-0.15, -0.1) is 33.2 Å². The van der Waals surface area contributed by atoms with Crippen molar-refractivity contribution in [3.63, 3.8) is 0 Å². The first-order valence-corrected chi connectivity index (χ1v) is 24.3. The van der Waals surface area contributed by atoms with Crippen molar-refractivity contribution >= 4 is 66.7 Å². The quantitative estimate of drug-likeness (QED) is 0.0487. The number of fused-ring (bicyclic) bond motifs is 8. The minimum absolute atomic E-state index is 0.670. The monoisotopic (exact) mass is 847 g/mol. The summed E-state index contributed by atoms with van der Waals surface area (Å²) in [6, 6.07) is 30.5. The molecule has 0 atom stereocenters. The van der Waals surface area contributed by atoms with Crippen LogP contribution in [0.2, 0.25) is 0 Å². The molecule has 0 radical (unpaired) electrons. The van der Waals surface area contributed by atoms with Crippen molar-refractivity contribution in [1.82, 2.24) is 24.9 Å². The molecular formula is C49H42Cl3N6Si+. The Bertz CT molecular complexity index is 3040. The van der Waals surface area contributed by atoms with Crippen molar-refractivity contribution in [2.75, 3.05) is 0 Å². The van der Waals surface area contributed by atoms with E-state index in [1.165, 1.54) is 0 Å². The molecule has 1 aliphatic heterocycles. The Kier molecular flexibility index (Phi) is 11.5. The van der Waals surface area contributed by atoms with Crippen LogP contribution in [0.4, 0.5) is 0 Å². The molecule has 0 unspecified atom stereocenters. The minimum Gasteiger partial charge on any atom is -0.354 e. The number of hydrogen-bond donors (Lipinski definition) is 4. The van der Waals surface area contributed by atoms with Crippen molar-refractivity contribution in [2.24, 2.45) is 0 Å². The number of pyridine rings is 2. The molecule has 292 valence electrons. The molecule has 0 saturated heterocycles. The summed E-state index contributed by atoms with van der Waals surface area (Å²) in [6.07, 6.45) is 19.9. The molecule has 0 aliphatic carbocycles. The molecule has 0 fully saturated rings. The Morgan fingerprint density at radius 2 is 1.15 bits per heavy atom. The smallest absolute Gasteiger partial charge is 0.354 e. The average Bonchev–Trinajstić information content (AvgIpc) is 4.09. The van der Waals surface area contributed by atoms with Gasteiger partial charge in [-0.1, -0.05) is 73.9 Å². The maximum atomic E-state index is 6.25. The van der Waals surface area contributed by atoms with Gasteiger partial charge in [0.2, 0.25) is 0 Å². The Hall–Kier alpha value is -6.09. The molecule has 0 spiro atoms. The highest BCUT2D eigenvalue weighted by Gasteiger charge is 2.28. The second-order valence-electron chi connectivity index (χ2n) is 14.1. The molecule has 1 aromatic carbocycles. The Labute approximate surface area is 358 Å². The van der Waals surface area contributed by atoms with Crippen LogP contribution in [0.1, 0.15) is 53.3 Å². The topological polar surface area (TPSA) is 79.9 Å². The van der Waals surface area contributed by atoms with E-state index in [-0.39, 0.29) is 0 Å². The number of nitrogens with zero attached hydrogens (tertiary/aromatic N) is 2. The van der Waals surface area contributed by atoms with Crippen LogP contribution in [0.5, 0.6) is 0 Å². The molecule has 7 heterocycles. The molecule has 8 rings (SSSR count). The maximum absolute atomic E-state index is 6.25. The second kappa shape index (κ2) is 17.0. The Morgan fingerprint density at radius 1 is 0.627 bits per heavy atom. The number of aromatic amines is 4. The zero-order chi connectivity index (χ0) is 41.1. The second-order valence-corrected chi connectivity index (χ2v) is 22.6. The summed E-state index contributed by atoms with van der Waals surface area (Å²) in [4.78, 5) is 19.6. The first-order chi connectivity index (χ1) is 28.7. The van der Waals surface area contributed by atoms with E-state index in [1.54, 1.807) is 6.08 Å². The molecule has 6 aromatic heterocycles. The lowest BCUT2D eigenvalue weighted by molar-refractivity contribution is -0.688. The molecule has 10 heteroatoms. The molecule has 4 N–H and O–H groups in total. The van der Waals surface area contributed by atoms with Gasteiger partial charge >= 0.3 is 6.00 Å². The zero-order valence-electron chi connectivity index (χ0n) is 32.7. The fourth-order valence-corrected chi connectivity index (χ4v) is 9.39. The lowest BCUT2D eigenvalue weighted by atomic mass is 10.0. The number of allylic oxidation sites excluding steroid dienone is 8. The van der Waals surface area contributed by atoms with Crippen LogP contribution < -0.4 is 31.2 Å². The molecule has 0 saturated carbocycles. The number of hydrogen-bond acceptors (Lipinski definition) is 1. The van der Waals surface area contributed by atoms with Gasteiger partial charge in [-0.2, -0.15) is 0 Å². The van der Waals surface area contributed by atoms with Crippen molar-refractivity contribution < 1.29 is 4.57 Å². The lowest BCUT2D eigenvalue weighted by Crippen LogP contribution is -2.34. The highest BCUT2D eigenvalue weighted by Crippen LogP contribution is 2.28. The third-order valence-electron chi connectivity index (χ3n) is 10.4. The van der Waals surface area contributed by atoms with Gasteiger partial charge in [-0.05, 0) is 102 Å². The van der Waals surface area contributed by atoms with Crippen LogP contribution in [0.3, 0.4) is 0 Å². The predicted octanol–water partition coefficient (Wildman–Crippen LogP) is 7.62. The minimum atomic E-state index is -2.94. The maximum Gasteiger partial charge on any atom is 0.372 e. The van der Waals surface area contributed by atoms with E-state index >= 15 is 0 Å². The predicted molar refractivity (Wildman–Crippen MR) is 246 cm³/mol. The number of halogens is 3. The van der Waals surface area contributed by atoms with Gasteiger partial charge in [0.05, 0.1) is 0 Å². The highest BCUT2D eigenvalue weighted by atomic mass is 35.8. The van der Waals surface area contributed by atoms with Crippen LogP contribution in [0, 0.1) is 0 Å². The van der Waals surface area contributed by atoms with E-state index in [2.05, 4.69) is 141 Å². The van der Waals surface area contributed by atoms with Gasteiger partial charge in [-0.3, -0.25) is 4.98 Å². The fraction of sp³-hybridized carbons (Fsp3) is 0.0612. The zero-order valence-corrected chi connectivity index (χ0v) is 35.9. The van der Waals surface area contributed by atoms with Crippen LogP contribution in [-0.2, 0) is 6.54 Å². The van der Waals surface area contributed by atoms with Crippen LogP contribution in [0.25, 0.3) is 22.3 Å². The average molecular weight is 849 g/mol. The molecule has 1 aliphatic rings. The number of rotatable bonds is 10. The summed E-state index contributed by atoms with van der Waals surface area (Å²) in [5, 5.41) is 4.59. The fourth-order valence-electron chi connectivity index (χ4n) is 7.71. The van der Waals surface area contributed by atoms with Gasteiger partial charge in [0.15, 0.2) is 18.9 Å². The lowest BCUT2D eigenvalue weighted by Gasteiger charge is -2.10. The largest absolute Gasteiger partial charge is 0.372 e. The van der Waals surface area contributed by atoms with Gasteiger partial charge in [0, 0.05) is 96.6 Å². The molecular weight excluding hydrogens is 807 g/mol. The molecule has 6 nitrogen and oxygen atoms in total. The standard InChI is InChI=1S/C49H41Cl3N6Si/c1-5-9-33(7-3)46-38-15-16-39(54-38)47(34(8-4)10-6-2)41-18-20-44(56-41)49(36-25-29-58(30-26-36)31-32-11-13-37(14-12-32)59(50,51)52)45-22-21-43(57-45)48(35-23-27-53-28-24-35)42-19-17-40(46)55-42/h5-30H,1,3,31H2,2,4H3,(H3,53,54,55,56,57)/p+1/b10-6?,33-9+,34-8?. The summed E-state index contributed by atoms with van der Waals surface area (Å²) < 4.78 is 2.15. The van der Waals surface area contributed by atoms with Crippen molar-refractivity contribution in [1.29, 1.82) is 0 Å². The summed E-state index contributed by atoms with van der Waals surface area (Å²) >= 11 is 18.7. The summed E-state index contributed by atoms with van der Waals surface area (Å²) in [5.41, 5.74) is 13.1. The number of nitrogens with one attached hydrogen (secondary N) is 4. The van der Waals surface area contributed by atoms with E-state index in [4.69, 9.17) is 33.2 Å². The van der Waals surface area contributed by atoms with Crippen LogP contribution in [0.15, 0.2) is 183 Å². The Morgan fingerprint density at radius 3 is 1.68 bits per heavy atom. The van der Waals surface area contributed by atoms with Gasteiger partial charge in [0.25, 0.3) is 0 Å². The van der Waals surface area contributed by atoms with Crippen molar-refractivity contribution in [3.05, 3.63) is 243 Å². The number of H-pyrrole nitrogens is 4. The molecule has 0 amide bonds. The van der Waals surface area contributed by atoms with Gasteiger partial charge in [-0.25, -0.2) is 4.57 Å². The molecule has 8 bridgehead atoms. The van der Waals surface area contributed by atoms with E-state index in [9.17, 15) is 0 Å². The first kappa shape index (κ1) is 39.7. The summed E-state index contributed by atoms with van der Waals surface area (Å²) in [7, 11) is 0.